The molecule has 0 spiro atoms. The molecule has 5 rings (SSSR count). The number of carbonyl (C=O) groups is 1. The highest BCUT2D eigenvalue weighted by Crippen LogP contribution is 2.36. The molecule has 1 N–H and O–H groups in total. The van der Waals surface area contributed by atoms with Gasteiger partial charge in [0.05, 0.1) is 18.4 Å². The van der Waals surface area contributed by atoms with E-state index in [-0.39, 0.29) is 18.0 Å². The van der Waals surface area contributed by atoms with Crippen LogP contribution in [0.3, 0.4) is 0 Å². The molecule has 3 aromatic rings. The lowest BCUT2D eigenvalue weighted by molar-refractivity contribution is -0.104. The van der Waals surface area contributed by atoms with Crippen LogP contribution in [0.2, 0.25) is 0 Å². The predicted octanol–water partition coefficient (Wildman–Crippen LogP) is 2.99. The Morgan fingerprint density at radius 1 is 1.02 bits per heavy atom. The number of piperazine rings is 1. The zero-order chi connectivity index (χ0) is 29.8. The van der Waals surface area contributed by atoms with Crippen LogP contribution in [0.4, 0.5) is 11.5 Å². The lowest BCUT2D eigenvalue weighted by Gasteiger charge is -2.42. The fourth-order valence-electron chi connectivity index (χ4n) is 6.14. The molecule has 224 valence electrons. The van der Waals surface area contributed by atoms with Crippen molar-refractivity contribution < 1.29 is 14.6 Å². The number of nitrogens with zero attached hydrogens (tertiary/aromatic N) is 7. The van der Waals surface area contributed by atoms with Crippen LogP contribution in [0.1, 0.15) is 18.2 Å². The molecule has 0 unspecified atom stereocenters. The molecule has 3 heterocycles. The summed E-state index contributed by atoms with van der Waals surface area (Å²) in [6.45, 7) is 7.53. The predicted molar refractivity (Wildman–Crippen MR) is 168 cm³/mol. The molecule has 0 bridgehead atoms. The molecule has 0 amide bonds. The Morgan fingerprint density at radius 3 is 2.50 bits per heavy atom. The fraction of sp³-hybridized carbons (Fsp3) is 0.469. The minimum atomic E-state index is -0.0667. The number of rotatable bonds is 10. The van der Waals surface area contributed by atoms with E-state index >= 15 is 0 Å². The first kappa shape index (κ1) is 29.8. The summed E-state index contributed by atoms with van der Waals surface area (Å²) in [6.07, 6.45) is 5.16. The monoisotopic (exact) mass is 573 g/mol. The highest BCUT2D eigenvalue weighted by Gasteiger charge is 2.30. The number of hydrogen-bond acceptors (Lipinski definition) is 10. The highest BCUT2D eigenvalue weighted by molar-refractivity contribution is 5.95. The SMILES string of the molecule is C[C@H](CN(C)C)Oc1nc2c(c(N3CCN([C@H](/C=C/C=O)N(C)C)CC3)n1)CCN(c1cc(O)cc3ccccc13)C2. The zero-order valence-electron chi connectivity index (χ0n) is 25.4. The number of anilines is 2. The van der Waals surface area contributed by atoms with Gasteiger partial charge in [-0.2, -0.15) is 9.97 Å². The second-order valence-electron chi connectivity index (χ2n) is 11.7. The van der Waals surface area contributed by atoms with Crippen molar-refractivity contribution in [1.29, 1.82) is 0 Å². The Labute approximate surface area is 248 Å². The number of allylic oxidation sites excluding steroid dienone is 1. The van der Waals surface area contributed by atoms with Crippen LogP contribution in [0.15, 0.2) is 48.6 Å². The molecule has 1 fully saturated rings. The van der Waals surface area contributed by atoms with E-state index in [2.05, 4.69) is 30.6 Å². The van der Waals surface area contributed by atoms with Crippen LogP contribution in [-0.2, 0) is 17.8 Å². The van der Waals surface area contributed by atoms with Crippen LogP contribution >= 0.6 is 0 Å². The number of phenolic OH excluding ortho intramolecular Hbond substituents is 1. The number of phenols is 1. The molecule has 2 atom stereocenters. The van der Waals surface area contributed by atoms with Crippen LogP contribution in [0, 0.1) is 0 Å². The molecule has 1 aromatic heterocycles. The summed E-state index contributed by atoms with van der Waals surface area (Å²) in [4.78, 5) is 32.2. The number of ether oxygens (including phenoxy) is 1. The topological polar surface area (TPSA) is 88.5 Å². The van der Waals surface area contributed by atoms with Gasteiger partial charge in [-0.1, -0.05) is 24.3 Å². The van der Waals surface area contributed by atoms with Gasteiger partial charge in [0.15, 0.2) is 0 Å². The summed E-state index contributed by atoms with van der Waals surface area (Å²) < 4.78 is 6.28. The Morgan fingerprint density at radius 2 is 1.79 bits per heavy atom. The van der Waals surface area contributed by atoms with Gasteiger partial charge in [0.2, 0.25) is 0 Å². The average Bonchev–Trinajstić information content (AvgIpc) is 2.96. The van der Waals surface area contributed by atoms with Crippen molar-refractivity contribution in [1.82, 2.24) is 24.7 Å². The molecule has 0 saturated carbocycles. The summed E-state index contributed by atoms with van der Waals surface area (Å²) in [6, 6.07) is 12.2. The molecular weight excluding hydrogens is 530 g/mol. The maximum absolute atomic E-state index is 11.0. The lowest BCUT2D eigenvalue weighted by Crippen LogP contribution is -2.54. The summed E-state index contributed by atoms with van der Waals surface area (Å²) >= 11 is 0. The Balaban J connectivity index is 1.44. The molecule has 2 aromatic carbocycles. The van der Waals surface area contributed by atoms with E-state index in [1.807, 2.05) is 71.5 Å². The Bertz CT molecular complexity index is 1420. The smallest absolute Gasteiger partial charge is 0.318 e. The third-order valence-corrected chi connectivity index (χ3v) is 8.00. The number of aromatic nitrogens is 2. The Kier molecular flexibility index (Phi) is 9.25. The Hall–Kier alpha value is -3.73. The van der Waals surface area contributed by atoms with Crippen LogP contribution < -0.4 is 14.5 Å². The molecule has 2 aliphatic rings. The quantitative estimate of drug-likeness (QED) is 0.289. The van der Waals surface area contributed by atoms with Crippen LogP contribution in [-0.4, -0.2) is 116 Å². The minimum absolute atomic E-state index is 0.0631. The van der Waals surface area contributed by atoms with Crippen LogP contribution in [0.5, 0.6) is 11.8 Å². The molecular formula is C32H43N7O3. The van der Waals surface area contributed by atoms with Crippen molar-refractivity contribution in [3.05, 3.63) is 59.8 Å². The van der Waals surface area contributed by atoms with Crippen molar-refractivity contribution >= 4 is 28.6 Å². The van der Waals surface area contributed by atoms with Gasteiger partial charge in [0.1, 0.15) is 24.0 Å². The van der Waals surface area contributed by atoms with Crippen molar-refractivity contribution in [3.8, 4) is 11.8 Å². The van der Waals surface area contributed by atoms with Crippen molar-refractivity contribution in [3.63, 3.8) is 0 Å². The standard InChI is InChI=1S/C32H43N7O3/c1-23(21-35(2)3)42-32-33-28-22-39(29-20-25(41)19-24-9-6-7-10-26(24)29)13-12-27(28)31(34-32)38-16-14-37(15-17-38)30(36(4)5)11-8-18-40/h6-11,18-20,23,30,41H,12-17,21-22H2,1-5H3/b11-8+/t23-,30-/m1/s1. The van der Waals surface area contributed by atoms with Gasteiger partial charge in [0.25, 0.3) is 0 Å². The normalized spacial score (nSPS) is 17.7. The first-order valence-electron chi connectivity index (χ1n) is 14.7. The largest absolute Gasteiger partial charge is 0.508 e. The molecule has 0 aliphatic carbocycles. The number of aldehydes is 1. The molecule has 2 aliphatic heterocycles. The first-order valence-corrected chi connectivity index (χ1v) is 14.7. The highest BCUT2D eigenvalue weighted by atomic mass is 16.5. The summed E-state index contributed by atoms with van der Waals surface area (Å²) in [5, 5.41) is 12.6. The van der Waals surface area contributed by atoms with Gasteiger partial charge in [0, 0.05) is 62.0 Å². The third-order valence-electron chi connectivity index (χ3n) is 8.00. The van der Waals surface area contributed by atoms with Gasteiger partial charge < -0.3 is 24.5 Å². The van der Waals surface area contributed by atoms with E-state index in [1.54, 1.807) is 6.08 Å². The second-order valence-corrected chi connectivity index (χ2v) is 11.7. The van der Waals surface area contributed by atoms with E-state index in [0.717, 1.165) is 79.9 Å². The first-order chi connectivity index (χ1) is 20.2. The lowest BCUT2D eigenvalue weighted by atomic mass is 10.0. The summed E-state index contributed by atoms with van der Waals surface area (Å²) in [7, 11) is 8.13. The van der Waals surface area contributed by atoms with Crippen molar-refractivity contribution in [2.24, 2.45) is 0 Å². The van der Waals surface area contributed by atoms with E-state index in [1.165, 1.54) is 5.56 Å². The number of aromatic hydroxyl groups is 1. The second kappa shape index (κ2) is 13.1. The average molecular weight is 574 g/mol. The van der Waals surface area contributed by atoms with E-state index in [4.69, 9.17) is 14.7 Å². The van der Waals surface area contributed by atoms with Crippen LogP contribution in [0.25, 0.3) is 10.8 Å². The molecule has 10 heteroatoms. The fourth-order valence-corrected chi connectivity index (χ4v) is 6.14. The molecule has 10 nitrogen and oxygen atoms in total. The van der Waals surface area contributed by atoms with Gasteiger partial charge in [-0.3, -0.25) is 14.6 Å². The van der Waals surface area contributed by atoms with Gasteiger partial charge in [-0.15, -0.1) is 0 Å². The number of benzene rings is 2. The summed E-state index contributed by atoms with van der Waals surface area (Å²) in [5.41, 5.74) is 3.14. The number of hydrogen-bond donors (Lipinski definition) is 1. The van der Waals surface area contributed by atoms with Gasteiger partial charge in [-0.25, -0.2) is 0 Å². The number of likely N-dealkylation sites (N-methyl/N-ethyl adjacent to an activating group) is 2. The van der Waals surface area contributed by atoms with E-state index < -0.39 is 0 Å². The van der Waals surface area contributed by atoms with E-state index in [9.17, 15) is 9.90 Å². The number of fused-ring (bicyclic) bond motifs is 2. The maximum Gasteiger partial charge on any atom is 0.318 e. The van der Waals surface area contributed by atoms with Crippen molar-refractivity contribution in [2.75, 3.05) is 77.3 Å². The van der Waals surface area contributed by atoms with E-state index in [0.29, 0.717) is 12.6 Å². The van der Waals surface area contributed by atoms with Gasteiger partial charge >= 0.3 is 6.01 Å². The number of carbonyl (C=O) groups excluding carboxylic acids is 1. The molecule has 1 saturated heterocycles. The van der Waals surface area contributed by atoms with Gasteiger partial charge in [-0.05, 0) is 65.1 Å². The minimum Gasteiger partial charge on any atom is -0.508 e. The third kappa shape index (κ3) is 6.67. The molecule has 42 heavy (non-hydrogen) atoms. The maximum atomic E-state index is 11.0. The van der Waals surface area contributed by atoms with Crippen molar-refractivity contribution in [2.45, 2.75) is 32.2 Å². The summed E-state index contributed by atoms with van der Waals surface area (Å²) in [5.74, 6) is 1.22. The molecule has 0 radical (unpaired) electrons. The zero-order valence-corrected chi connectivity index (χ0v) is 25.4.